The third-order valence-electron chi connectivity index (χ3n) is 2.65. The molecule has 0 saturated carbocycles. The van der Waals surface area contributed by atoms with E-state index in [1.165, 1.54) is 18.9 Å². The number of hydrogen-bond acceptors (Lipinski definition) is 2. The van der Waals surface area contributed by atoms with Gasteiger partial charge in [0.1, 0.15) is 0 Å². The summed E-state index contributed by atoms with van der Waals surface area (Å²) in [6.07, 6.45) is 4.71. The van der Waals surface area contributed by atoms with Crippen molar-refractivity contribution in [2.75, 3.05) is 6.61 Å². The molecule has 0 saturated heterocycles. The molecule has 0 aliphatic carbocycles. The Balaban J connectivity index is 3.97. The van der Waals surface area contributed by atoms with Gasteiger partial charge in [-0.15, -0.1) is 0 Å². The molecule has 0 unspecified atom stereocenters. The lowest BCUT2D eigenvalue weighted by atomic mass is 10.1. The molecular weight excluding hydrogens is 238 g/mol. The summed E-state index contributed by atoms with van der Waals surface area (Å²) in [4.78, 5) is 11.1. The number of halogens is 2. The van der Waals surface area contributed by atoms with Crippen molar-refractivity contribution in [2.45, 2.75) is 65.2 Å². The minimum atomic E-state index is -2.56. The minimum absolute atomic E-state index is 0.107. The maximum Gasteiger partial charge on any atom is 0.310 e. The SMILES string of the molecule is CCCCCCC/C=C(\CC(=O)OCC)C(F)F. The van der Waals surface area contributed by atoms with E-state index >= 15 is 0 Å². The first-order valence-electron chi connectivity index (χ1n) is 6.74. The molecule has 0 rings (SSSR count). The molecule has 0 aromatic heterocycles. The maximum atomic E-state index is 12.7. The van der Waals surface area contributed by atoms with E-state index in [4.69, 9.17) is 0 Å². The summed E-state index contributed by atoms with van der Waals surface area (Å²) >= 11 is 0. The summed E-state index contributed by atoms with van der Waals surface area (Å²) < 4.78 is 30.0. The van der Waals surface area contributed by atoms with Crippen LogP contribution < -0.4 is 0 Å². The van der Waals surface area contributed by atoms with Gasteiger partial charge >= 0.3 is 5.97 Å². The van der Waals surface area contributed by atoms with Crippen molar-refractivity contribution in [2.24, 2.45) is 0 Å². The number of carbonyl (C=O) groups excluding carboxylic acids is 1. The van der Waals surface area contributed by atoms with Crippen molar-refractivity contribution in [3.05, 3.63) is 11.6 Å². The molecule has 0 aliphatic heterocycles. The third-order valence-corrected chi connectivity index (χ3v) is 2.65. The Bertz CT molecular complexity index is 250. The number of allylic oxidation sites excluding steroid dienone is 1. The molecule has 0 aliphatic rings. The molecule has 0 spiro atoms. The van der Waals surface area contributed by atoms with Crippen LogP contribution in [0, 0.1) is 0 Å². The van der Waals surface area contributed by atoms with Gasteiger partial charge in [0.05, 0.1) is 13.0 Å². The standard InChI is InChI=1S/C14H24F2O2/c1-3-5-6-7-8-9-10-12(14(15)16)11-13(17)18-4-2/h10,14H,3-9,11H2,1-2H3/b12-10+. The number of alkyl halides is 2. The van der Waals surface area contributed by atoms with Crippen LogP contribution in [-0.2, 0) is 9.53 Å². The minimum Gasteiger partial charge on any atom is -0.466 e. The number of rotatable bonds is 10. The molecule has 0 heterocycles. The predicted molar refractivity (Wildman–Crippen MR) is 68.7 cm³/mol. The largest absolute Gasteiger partial charge is 0.466 e. The highest BCUT2D eigenvalue weighted by Crippen LogP contribution is 2.16. The molecule has 0 N–H and O–H groups in total. The van der Waals surface area contributed by atoms with Crippen LogP contribution in [0.4, 0.5) is 8.78 Å². The normalized spacial score (nSPS) is 11.9. The van der Waals surface area contributed by atoms with E-state index in [1.807, 2.05) is 0 Å². The maximum absolute atomic E-state index is 12.7. The number of unbranched alkanes of at least 4 members (excludes halogenated alkanes) is 5. The van der Waals surface area contributed by atoms with E-state index in [-0.39, 0.29) is 18.6 Å². The molecule has 18 heavy (non-hydrogen) atoms. The van der Waals surface area contributed by atoms with E-state index in [1.54, 1.807) is 6.92 Å². The molecule has 0 aromatic carbocycles. The van der Waals surface area contributed by atoms with Crippen LogP contribution in [0.25, 0.3) is 0 Å². The van der Waals surface area contributed by atoms with Gasteiger partial charge in [-0.1, -0.05) is 38.7 Å². The van der Waals surface area contributed by atoms with E-state index in [0.717, 1.165) is 19.3 Å². The first-order valence-corrected chi connectivity index (χ1v) is 6.74. The number of hydrogen-bond donors (Lipinski definition) is 0. The first-order chi connectivity index (χ1) is 8.61. The van der Waals surface area contributed by atoms with Crippen molar-refractivity contribution in [1.29, 1.82) is 0 Å². The molecule has 4 heteroatoms. The Hall–Kier alpha value is -0.930. The second kappa shape index (κ2) is 11.2. The zero-order valence-electron chi connectivity index (χ0n) is 11.4. The van der Waals surface area contributed by atoms with Gasteiger partial charge < -0.3 is 4.74 Å². The Morgan fingerprint density at radius 1 is 1.17 bits per heavy atom. The number of carbonyl (C=O) groups is 1. The van der Waals surface area contributed by atoms with Gasteiger partial charge in [0.25, 0.3) is 6.43 Å². The fourth-order valence-electron chi connectivity index (χ4n) is 1.65. The molecule has 0 amide bonds. The van der Waals surface area contributed by atoms with Gasteiger partial charge in [0.15, 0.2) is 0 Å². The highest BCUT2D eigenvalue weighted by molar-refractivity contribution is 5.72. The fourth-order valence-corrected chi connectivity index (χ4v) is 1.65. The lowest BCUT2D eigenvalue weighted by Crippen LogP contribution is -2.09. The monoisotopic (exact) mass is 262 g/mol. The smallest absolute Gasteiger partial charge is 0.310 e. The molecule has 2 nitrogen and oxygen atoms in total. The van der Waals surface area contributed by atoms with Crippen LogP contribution in [0.5, 0.6) is 0 Å². The van der Waals surface area contributed by atoms with Crippen LogP contribution in [0.2, 0.25) is 0 Å². The fraction of sp³-hybridized carbons (Fsp3) is 0.786. The van der Waals surface area contributed by atoms with Gasteiger partial charge in [-0.2, -0.15) is 0 Å². The Morgan fingerprint density at radius 3 is 2.39 bits per heavy atom. The number of esters is 1. The Morgan fingerprint density at radius 2 is 1.83 bits per heavy atom. The van der Waals surface area contributed by atoms with Crippen molar-refractivity contribution in [3.8, 4) is 0 Å². The van der Waals surface area contributed by atoms with E-state index in [9.17, 15) is 13.6 Å². The summed E-state index contributed by atoms with van der Waals surface area (Å²) in [6, 6.07) is 0. The Labute approximate surface area is 108 Å². The molecule has 106 valence electrons. The summed E-state index contributed by atoms with van der Waals surface area (Å²) in [5.74, 6) is -0.574. The molecule has 0 atom stereocenters. The van der Waals surface area contributed by atoms with E-state index in [0.29, 0.717) is 6.42 Å². The van der Waals surface area contributed by atoms with Crippen LogP contribution in [0.1, 0.15) is 58.8 Å². The summed E-state index contributed by atoms with van der Waals surface area (Å²) in [6.45, 7) is 4.03. The van der Waals surface area contributed by atoms with Crippen molar-refractivity contribution >= 4 is 5.97 Å². The summed E-state index contributed by atoms with van der Waals surface area (Å²) in [5.41, 5.74) is -0.107. The van der Waals surface area contributed by atoms with Crippen molar-refractivity contribution in [1.82, 2.24) is 0 Å². The topological polar surface area (TPSA) is 26.3 Å². The number of ether oxygens (including phenoxy) is 1. The molecule has 0 aromatic rings. The van der Waals surface area contributed by atoms with Crippen LogP contribution in [0.3, 0.4) is 0 Å². The first kappa shape index (κ1) is 17.1. The van der Waals surface area contributed by atoms with E-state index in [2.05, 4.69) is 11.7 Å². The molecule has 0 radical (unpaired) electrons. The van der Waals surface area contributed by atoms with E-state index < -0.39 is 12.4 Å². The average molecular weight is 262 g/mol. The van der Waals surface area contributed by atoms with Gasteiger partial charge in [0.2, 0.25) is 0 Å². The second-order valence-electron chi connectivity index (χ2n) is 4.26. The third kappa shape index (κ3) is 9.14. The molecule has 0 bridgehead atoms. The zero-order chi connectivity index (χ0) is 13.8. The average Bonchev–Trinajstić information content (AvgIpc) is 2.32. The van der Waals surface area contributed by atoms with Gasteiger partial charge in [-0.05, 0) is 19.8 Å². The van der Waals surface area contributed by atoms with Crippen molar-refractivity contribution < 1.29 is 18.3 Å². The van der Waals surface area contributed by atoms with Crippen LogP contribution in [-0.4, -0.2) is 19.0 Å². The van der Waals surface area contributed by atoms with Gasteiger partial charge in [-0.25, -0.2) is 8.78 Å². The summed E-state index contributed by atoms with van der Waals surface area (Å²) in [5, 5.41) is 0. The van der Waals surface area contributed by atoms with Crippen LogP contribution >= 0.6 is 0 Å². The van der Waals surface area contributed by atoms with Gasteiger partial charge in [-0.3, -0.25) is 4.79 Å². The van der Waals surface area contributed by atoms with Crippen LogP contribution in [0.15, 0.2) is 11.6 Å². The van der Waals surface area contributed by atoms with Crippen molar-refractivity contribution in [3.63, 3.8) is 0 Å². The predicted octanol–water partition coefficient (Wildman–Crippen LogP) is 4.49. The van der Waals surface area contributed by atoms with Gasteiger partial charge in [0, 0.05) is 5.57 Å². The zero-order valence-corrected chi connectivity index (χ0v) is 11.4. The Kier molecular flexibility index (Phi) is 10.6. The molecule has 0 fully saturated rings. The summed E-state index contributed by atoms with van der Waals surface area (Å²) in [7, 11) is 0. The highest BCUT2D eigenvalue weighted by atomic mass is 19.3. The lowest BCUT2D eigenvalue weighted by Gasteiger charge is -2.06. The lowest BCUT2D eigenvalue weighted by molar-refractivity contribution is -0.142. The highest BCUT2D eigenvalue weighted by Gasteiger charge is 2.15. The molecular formula is C14H24F2O2. The second-order valence-corrected chi connectivity index (χ2v) is 4.26. The quantitative estimate of drug-likeness (QED) is 0.329.